The maximum absolute atomic E-state index is 11.8. The maximum Gasteiger partial charge on any atom is 0.266 e. The molecular formula is C19H27N5O2. The molecule has 3 heterocycles. The molecule has 0 amide bonds. The Labute approximate surface area is 153 Å². The van der Waals surface area contributed by atoms with Crippen molar-refractivity contribution in [3.63, 3.8) is 0 Å². The van der Waals surface area contributed by atoms with Gasteiger partial charge in [-0.3, -0.25) is 14.6 Å². The summed E-state index contributed by atoms with van der Waals surface area (Å²) >= 11 is 0. The fraction of sp³-hybridized carbons (Fsp3) is 0.632. The van der Waals surface area contributed by atoms with Crippen LogP contribution in [0.1, 0.15) is 35.6 Å². The molecule has 7 nitrogen and oxygen atoms in total. The van der Waals surface area contributed by atoms with Crippen LogP contribution in [0.2, 0.25) is 0 Å². The maximum atomic E-state index is 11.8. The van der Waals surface area contributed by atoms with Crippen molar-refractivity contribution < 1.29 is 4.52 Å². The average molecular weight is 357 g/mol. The van der Waals surface area contributed by atoms with Gasteiger partial charge in [-0.1, -0.05) is 5.16 Å². The van der Waals surface area contributed by atoms with Crippen molar-refractivity contribution in [2.75, 3.05) is 32.7 Å². The first kappa shape index (κ1) is 17.4. The second-order valence-electron chi connectivity index (χ2n) is 7.39. The van der Waals surface area contributed by atoms with E-state index in [4.69, 9.17) is 4.52 Å². The van der Waals surface area contributed by atoms with E-state index in [0.29, 0.717) is 6.54 Å². The molecule has 0 radical (unpaired) electrons. The standard InChI is InChI=1S/C19H27N5O2/c1-15-6-7-19(25)24(20-15)13-12-22-8-10-23(11-9-22)14-17-16-4-2-3-5-18(16)26-21-17/h6-7H,2-5,8-14H2,1H3. The Bertz CT molecular complexity index is 805. The Morgan fingerprint density at radius 2 is 1.81 bits per heavy atom. The minimum absolute atomic E-state index is 0.0231. The van der Waals surface area contributed by atoms with Gasteiger partial charge in [0, 0.05) is 57.3 Å². The lowest BCUT2D eigenvalue weighted by atomic mass is 9.96. The zero-order chi connectivity index (χ0) is 17.9. The van der Waals surface area contributed by atoms with Gasteiger partial charge in [0.1, 0.15) is 11.5 Å². The zero-order valence-corrected chi connectivity index (χ0v) is 15.5. The third-order valence-electron chi connectivity index (χ3n) is 5.50. The van der Waals surface area contributed by atoms with Crippen LogP contribution in [-0.4, -0.2) is 57.5 Å². The predicted molar refractivity (Wildman–Crippen MR) is 98.1 cm³/mol. The molecule has 2 aromatic heterocycles. The molecule has 1 fully saturated rings. The highest BCUT2D eigenvalue weighted by Gasteiger charge is 2.23. The van der Waals surface area contributed by atoms with Crippen LogP contribution in [-0.2, 0) is 25.9 Å². The van der Waals surface area contributed by atoms with E-state index in [1.165, 1.54) is 18.4 Å². The van der Waals surface area contributed by atoms with E-state index in [2.05, 4.69) is 20.1 Å². The molecule has 1 aliphatic heterocycles. The van der Waals surface area contributed by atoms with Gasteiger partial charge in [0.25, 0.3) is 5.56 Å². The first-order valence-electron chi connectivity index (χ1n) is 9.65. The molecule has 7 heteroatoms. The van der Waals surface area contributed by atoms with Crippen LogP contribution in [0.5, 0.6) is 0 Å². The molecule has 0 bridgehead atoms. The van der Waals surface area contributed by atoms with Crippen molar-refractivity contribution in [3.05, 3.63) is 45.2 Å². The molecule has 1 saturated heterocycles. The number of hydrogen-bond acceptors (Lipinski definition) is 6. The number of piperazine rings is 1. The van der Waals surface area contributed by atoms with Gasteiger partial charge in [0.05, 0.1) is 12.2 Å². The summed E-state index contributed by atoms with van der Waals surface area (Å²) in [7, 11) is 0. The molecule has 140 valence electrons. The zero-order valence-electron chi connectivity index (χ0n) is 15.5. The van der Waals surface area contributed by atoms with Gasteiger partial charge in [-0.15, -0.1) is 0 Å². The fourth-order valence-electron chi connectivity index (χ4n) is 3.90. The van der Waals surface area contributed by atoms with E-state index in [1.54, 1.807) is 16.8 Å². The first-order valence-corrected chi connectivity index (χ1v) is 9.65. The van der Waals surface area contributed by atoms with Crippen LogP contribution >= 0.6 is 0 Å². The van der Waals surface area contributed by atoms with Crippen molar-refractivity contribution in [1.29, 1.82) is 0 Å². The summed E-state index contributed by atoms with van der Waals surface area (Å²) in [5, 5.41) is 8.64. The highest BCUT2D eigenvalue weighted by atomic mass is 16.5. The quantitative estimate of drug-likeness (QED) is 0.802. The third kappa shape index (κ3) is 3.88. The minimum Gasteiger partial charge on any atom is -0.361 e. The van der Waals surface area contributed by atoms with Gasteiger partial charge >= 0.3 is 0 Å². The highest BCUT2D eigenvalue weighted by molar-refractivity contribution is 5.25. The van der Waals surface area contributed by atoms with Crippen LogP contribution in [0.25, 0.3) is 0 Å². The molecule has 1 aliphatic carbocycles. The molecular weight excluding hydrogens is 330 g/mol. The van der Waals surface area contributed by atoms with Crippen LogP contribution in [0, 0.1) is 6.92 Å². The lowest BCUT2D eigenvalue weighted by Gasteiger charge is -2.34. The number of fused-ring (bicyclic) bond motifs is 1. The van der Waals surface area contributed by atoms with Gasteiger partial charge < -0.3 is 4.52 Å². The SMILES string of the molecule is Cc1ccc(=O)n(CCN2CCN(Cc3noc4c3CCCC4)CC2)n1. The van der Waals surface area contributed by atoms with Crippen molar-refractivity contribution in [3.8, 4) is 0 Å². The van der Waals surface area contributed by atoms with E-state index in [1.807, 2.05) is 6.92 Å². The average Bonchev–Trinajstić information content (AvgIpc) is 3.07. The summed E-state index contributed by atoms with van der Waals surface area (Å²) in [6.45, 7) is 8.40. The smallest absolute Gasteiger partial charge is 0.266 e. The van der Waals surface area contributed by atoms with E-state index < -0.39 is 0 Å². The number of hydrogen-bond donors (Lipinski definition) is 0. The summed E-state index contributed by atoms with van der Waals surface area (Å²) in [5.41, 5.74) is 3.36. The third-order valence-corrected chi connectivity index (χ3v) is 5.50. The molecule has 0 spiro atoms. The van der Waals surface area contributed by atoms with Crippen molar-refractivity contribution in [1.82, 2.24) is 24.7 Å². The van der Waals surface area contributed by atoms with Crippen LogP contribution in [0.4, 0.5) is 0 Å². The number of aromatic nitrogens is 3. The van der Waals surface area contributed by atoms with Gasteiger partial charge in [-0.2, -0.15) is 5.10 Å². The van der Waals surface area contributed by atoms with Crippen molar-refractivity contribution >= 4 is 0 Å². The molecule has 2 aromatic rings. The van der Waals surface area contributed by atoms with Crippen LogP contribution in [0.15, 0.2) is 21.5 Å². The van der Waals surface area contributed by atoms with E-state index in [0.717, 1.165) is 69.3 Å². The number of aryl methyl sites for hydroxylation is 2. The summed E-state index contributed by atoms with van der Waals surface area (Å²) in [4.78, 5) is 16.7. The largest absolute Gasteiger partial charge is 0.361 e. The lowest BCUT2D eigenvalue weighted by Crippen LogP contribution is -2.47. The number of nitrogens with zero attached hydrogens (tertiary/aromatic N) is 5. The normalized spacial score (nSPS) is 18.8. The summed E-state index contributed by atoms with van der Waals surface area (Å²) in [6, 6.07) is 3.36. The molecule has 0 saturated carbocycles. The predicted octanol–water partition coefficient (Wildman–Crippen LogP) is 1.24. The van der Waals surface area contributed by atoms with E-state index in [9.17, 15) is 4.79 Å². The monoisotopic (exact) mass is 357 g/mol. The molecule has 26 heavy (non-hydrogen) atoms. The highest BCUT2D eigenvalue weighted by Crippen LogP contribution is 2.25. The van der Waals surface area contributed by atoms with Crippen molar-refractivity contribution in [2.45, 2.75) is 45.7 Å². The molecule has 2 aliphatic rings. The number of rotatable bonds is 5. The minimum atomic E-state index is -0.0231. The fourth-order valence-corrected chi connectivity index (χ4v) is 3.90. The van der Waals surface area contributed by atoms with Gasteiger partial charge in [0.2, 0.25) is 0 Å². The van der Waals surface area contributed by atoms with Crippen LogP contribution in [0.3, 0.4) is 0 Å². The second-order valence-corrected chi connectivity index (χ2v) is 7.39. The summed E-state index contributed by atoms with van der Waals surface area (Å²) < 4.78 is 7.10. The molecule has 4 rings (SSSR count). The first-order chi connectivity index (χ1) is 12.7. The Balaban J connectivity index is 1.27. The van der Waals surface area contributed by atoms with Gasteiger partial charge in [-0.25, -0.2) is 4.68 Å². The van der Waals surface area contributed by atoms with E-state index in [-0.39, 0.29) is 5.56 Å². The Kier molecular flexibility index (Phi) is 5.17. The summed E-state index contributed by atoms with van der Waals surface area (Å²) in [5.74, 6) is 1.11. The molecule has 0 aromatic carbocycles. The van der Waals surface area contributed by atoms with Crippen molar-refractivity contribution in [2.24, 2.45) is 0 Å². The van der Waals surface area contributed by atoms with E-state index >= 15 is 0 Å². The second kappa shape index (κ2) is 7.72. The molecule has 0 N–H and O–H groups in total. The Morgan fingerprint density at radius 1 is 1.04 bits per heavy atom. The topological polar surface area (TPSA) is 67.4 Å². The molecule has 0 unspecified atom stereocenters. The Hall–Kier alpha value is -1.99. The lowest BCUT2D eigenvalue weighted by molar-refractivity contribution is 0.120. The van der Waals surface area contributed by atoms with Crippen LogP contribution < -0.4 is 5.56 Å². The molecule has 0 atom stereocenters. The Morgan fingerprint density at radius 3 is 2.65 bits per heavy atom. The summed E-state index contributed by atoms with van der Waals surface area (Å²) in [6.07, 6.45) is 4.63. The van der Waals surface area contributed by atoms with Gasteiger partial charge in [0.15, 0.2) is 0 Å². The van der Waals surface area contributed by atoms with Gasteiger partial charge in [-0.05, 0) is 32.3 Å².